The number of nitrogens with zero attached hydrogens (tertiary/aromatic N) is 4. The van der Waals surface area contributed by atoms with Crippen LogP contribution < -0.4 is 10.6 Å². The lowest BCUT2D eigenvalue weighted by atomic mass is 10.0. The Morgan fingerprint density at radius 2 is 2.00 bits per heavy atom. The standard InChI is InChI=1S/C27H28N6O/c1-18-4-5-20(16-23(18)25-17-29-26-3-2-10-30-33(25)26)27(34)31-21-7-8-22-19(15-21)6-9-24(22)32-13-11-28-12-14-32/h2-5,7-8,10,15-17,24,28H,6,9,11-14H2,1H3,(H,31,34)/t24-/m1/s1. The minimum absolute atomic E-state index is 0.111. The summed E-state index contributed by atoms with van der Waals surface area (Å²) in [6, 6.07) is 16.5. The molecule has 2 aromatic carbocycles. The summed E-state index contributed by atoms with van der Waals surface area (Å²) in [5.41, 5.74) is 7.91. The molecule has 34 heavy (non-hydrogen) atoms. The van der Waals surface area contributed by atoms with E-state index in [2.05, 4.69) is 37.7 Å². The first-order chi connectivity index (χ1) is 16.7. The molecule has 1 fully saturated rings. The monoisotopic (exact) mass is 452 g/mol. The molecule has 7 nitrogen and oxygen atoms in total. The first kappa shape index (κ1) is 21.0. The third kappa shape index (κ3) is 3.77. The fraction of sp³-hybridized carbons (Fsp3) is 0.296. The number of imidazole rings is 1. The van der Waals surface area contributed by atoms with Crippen molar-refractivity contribution in [1.29, 1.82) is 0 Å². The van der Waals surface area contributed by atoms with E-state index >= 15 is 0 Å². The van der Waals surface area contributed by atoms with Crippen LogP contribution in [-0.4, -0.2) is 51.6 Å². The van der Waals surface area contributed by atoms with Crippen molar-refractivity contribution in [3.05, 3.63) is 83.2 Å². The van der Waals surface area contributed by atoms with E-state index in [0.29, 0.717) is 11.6 Å². The fourth-order valence-corrected chi connectivity index (χ4v) is 5.30. The van der Waals surface area contributed by atoms with E-state index < -0.39 is 0 Å². The summed E-state index contributed by atoms with van der Waals surface area (Å²) in [4.78, 5) is 20.2. The largest absolute Gasteiger partial charge is 0.322 e. The Morgan fingerprint density at radius 1 is 1.12 bits per heavy atom. The summed E-state index contributed by atoms with van der Waals surface area (Å²) < 4.78 is 1.80. The summed E-state index contributed by atoms with van der Waals surface area (Å²) in [5, 5.41) is 11.0. The number of piperazine rings is 1. The predicted octanol–water partition coefficient (Wildman–Crippen LogP) is 3.85. The van der Waals surface area contributed by atoms with Crippen LogP contribution in [0.2, 0.25) is 0 Å². The van der Waals surface area contributed by atoms with Crippen LogP contribution in [0.3, 0.4) is 0 Å². The molecule has 1 aliphatic heterocycles. The highest BCUT2D eigenvalue weighted by molar-refractivity contribution is 6.05. The minimum Gasteiger partial charge on any atom is -0.322 e. The molecule has 1 aliphatic carbocycles. The SMILES string of the molecule is Cc1ccc(C(=O)Nc2ccc3c(c2)CC[C@H]3N2CCNCC2)cc1-c1cnc2cccnn12. The quantitative estimate of drug-likeness (QED) is 0.492. The maximum atomic E-state index is 13.2. The van der Waals surface area contributed by atoms with Gasteiger partial charge in [-0.25, -0.2) is 9.50 Å². The Hall–Kier alpha value is -3.55. The van der Waals surface area contributed by atoms with Crippen molar-refractivity contribution in [1.82, 2.24) is 24.8 Å². The molecule has 6 rings (SSSR count). The molecule has 0 radical (unpaired) electrons. The number of fused-ring (bicyclic) bond motifs is 2. The molecule has 2 N–H and O–H groups in total. The Morgan fingerprint density at radius 3 is 2.88 bits per heavy atom. The lowest BCUT2D eigenvalue weighted by Gasteiger charge is -2.33. The maximum Gasteiger partial charge on any atom is 0.255 e. The smallest absolute Gasteiger partial charge is 0.255 e. The molecular weight excluding hydrogens is 424 g/mol. The van der Waals surface area contributed by atoms with Crippen LogP contribution in [0, 0.1) is 6.92 Å². The molecule has 4 aromatic rings. The number of anilines is 1. The molecule has 0 unspecified atom stereocenters. The van der Waals surface area contributed by atoms with Gasteiger partial charge in [0.15, 0.2) is 5.65 Å². The van der Waals surface area contributed by atoms with E-state index in [9.17, 15) is 4.79 Å². The van der Waals surface area contributed by atoms with E-state index in [1.807, 2.05) is 49.5 Å². The number of hydrogen-bond donors (Lipinski definition) is 2. The average molecular weight is 453 g/mol. The van der Waals surface area contributed by atoms with Crippen LogP contribution in [0.25, 0.3) is 16.9 Å². The van der Waals surface area contributed by atoms with Crippen molar-refractivity contribution in [3.8, 4) is 11.3 Å². The molecule has 0 saturated carbocycles. The Labute approximate surface area is 198 Å². The summed E-state index contributed by atoms with van der Waals surface area (Å²) >= 11 is 0. The van der Waals surface area contributed by atoms with Crippen LogP contribution in [0.4, 0.5) is 5.69 Å². The number of hydrogen-bond acceptors (Lipinski definition) is 5. The number of nitrogens with one attached hydrogen (secondary N) is 2. The molecule has 7 heteroatoms. The van der Waals surface area contributed by atoms with Crippen molar-refractivity contribution in [3.63, 3.8) is 0 Å². The normalized spacial score (nSPS) is 18.2. The molecular formula is C27H28N6O. The lowest BCUT2D eigenvalue weighted by Crippen LogP contribution is -2.44. The zero-order valence-electron chi connectivity index (χ0n) is 19.3. The van der Waals surface area contributed by atoms with Gasteiger partial charge in [-0.3, -0.25) is 9.69 Å². The van der Waals surface area contributed by atoms with Crippen molar-refractivity contribution in [2.24, 2.45) is 0 Å². The van der Waals surface area contributed by atoms with Gasteiger partial charge in [-0.05, 0) is 72.9 Å². The van der Waals surface area contributed by atoms with Crippen molar-refractivity contribution in [2.45, 2.75) is 25.8 Å². The summed E-state index contributed by atoms with van der Waals surface area (Å²) in [5.74, 6) is -0.111. The second-order valence-electron chi connectivity index (χ2n) is 9.17. The van der Waals surface area contributed by atoms with Gasteiger partial charge in [0.25, 0.3) is 5.91 Å². The van der Waals surface area contributed by atoms with Crippen LogP contribution in [-0.2, 0) is 6.42 Å². The molecule has 2 aromatic heterocycles. The van der Waals surface area contributed by atoms with Crippen molar-refractivity contribution in [2.75, 3.05) is 31.5 Å². The third-order valence-electron chi connectivity index (χ3n) is 7.09. The van der Waals surface area contributed by atoms with Crippen molar-refractivity contribution >= 4 is 17.2 Å². The second kappa shape index (κ2) is 8.66. The van der Waals surface area contributed by atoms with E-state index in [-0.39, 0.29) is 5.91 Å². The summed E-state index contributed by atoms with van der Waals surface area (Å²) in [6.07, 6.45) is 5.76. The molecule has 3 heterocycles. The second-order valence-corrected chi connectivity index (χ2v) is 9.17. The van der Waals surface area contributed by atoms with Crippen LogP contribution in [0.5, 0.6) is 0 Å². The van der Waals surface area contributed by atoms with Crippen LogP contribution in [0.1, 0.15) is 39.5 Å². The maximum absolute atomic E-state index is 13.2. The first-order valence-electron chi connectivity index (χ1n) is 12.0. The highest BCUT2D eigenvalue weighted by Gasteiger charge is 2.29. The van der Waals surface area contributed by atoms with Gasteiger partial charge in [0.1, 0.15) is 0 Å². The number of rotatable bonds is 4. The Balaban J connectivity index is 1.23. The summed E-state index contributed by atoms with van der Waals surface area (Å²) in [6.45, 7) is 6.35. The van der Waals surface area contributed by atoms with E-state index in [1.165, 1.54) is 11.1 Å². The average Bonchev–Trinajstić information content (AvgIpc) is 3.49. The third-order valence-corrected chi connectivity index (χ3v) is 7.09. The van der Waals surface area contributed by atoms with E-state index in [0.717, 1.165) is 67.2 Å². The minimum atomic E-state index is -0.111. The zero-order valence-corrected chi connectivity index (χ0v) is 19.3. The Bertz CT molecular complexity index is 1370. The Kier molecular flexibility index (Phi) is 5.36. The number of carbonyl (C=O) groups is 1. The van der Waals surface area contributed by atoms with Gasteiger partial charge in [-0.2, -0.15) is 5.10 Å². The van der Waals surface area contributed by atoms with Gasteiger partial charge in [0.05, 0.1) is 11.9 Å². The first-order valence-corrected chi connectivity index (χ1v) is 12.0. The van der Waals surface area contributed by atoms with Gasteiger partial charge < -0.3 is 10.6 Å². The van der Waals surface area contributed by atoms with Gasteiger partial charge >= 0.3 is 0 Å². The molecule has 0 bridgehead atoms. The van der Waals surface area contributed by atoms with Gasteiger partial charge in [0, 0.05) is 55.2 Å². The number of aryl methyl sites for hydroxylation is 2. The molecule has 1 atom stereocenters. The molecule has 0 spiro atoms. The predicted molar refractivity (Wildman–Crippen MR) is 133 cm³/mol. The molecule has 172 valence electrons. The van der Waals surface area contributed by atoms with E-state index in [1.54, 1.807) is 10.7 Å². The highest BCUT2D eigenvalue weighted by atomic mass is 16.1. The van der Waals surface area contributed by atoms with Crippen LogP contribution in [0.15, 0.2) is 60.9 Å². The summed E-state index contributed by atoms with van der Waals surface area (Å²) in [7, 11) is 0. The van der Waals surface area contributed by atoms with Crippen molar-refractivity contribution < 1.29 is 4.79 Å². The lowest BCUT2D eigenvalue weighted by molar-refractivity contribution is 0.102. The number of benzene rings is 2. The van der Waals surface area contributed by atoms with E-state index in [4.69, 9.17) is 0 Å². The molecule has 1 saturated heterocycles. The topological polar surface area (TPSA) is 74.6 Å². The molecule has 1 amide bonds. The van der Waals surface area contributed by atoms with Crippen LogP contribution >= 0.6 is 0 Å². The molecule has 2 aliphatic rings. The van der Waals surface area contributed by atoms with Gasteiger partial charge in [0.2, 0.25) is 0 Å². The zero-order chi connectivity index (χ0) is 23.1. The number of aromatic nitrogens is 3. The number of carbonyl (C=O) groups excluding carboxylic acids is 1. The van der Waals surface area contributed by atoms with Gasteiger partial charge in [-0.15, -0.1) is 0 Å². The highest BCUT2D eigenvalue weighted by Crippen LogP contribution is 2.37. The fourth-order valence-electron chi connectivity index (χ4n) is 5.30. The number of amides is 1. The van der Waals surface area contributed by atoms with Gasteiger partial charge in [-0.1, -0.05) is 12.1 Å².